The van der Waals surface area contributed by atoms with Crippen molar-refractivity contribution >= 4 is 28.8 Å². The first-order valence-electron chi connectivity index (χ1n) is 8.61. The number of rotatable bonds is 5. The molecule has 1 amide bonds. The van der Waals surface area contributed by atoms with E-state index in [4.69, 9.17) is 5.53 Å². The van der Waals surface area contributed by atoms with E-state index in [-0.39, 0.29) is 17.8 Å². The lowest BCUT2D eigenvalue weighted by Crippen LogP contribution is -2.41. The van der Waals surface area contributed by atoms with Crippen LogP contribution in [0.3, 0.4) is 0 Å². The molecule has 2 aromatic heterocycles. The monoisotopic (exact) mass is 373 g/mol. The van der Waals surface area contributed by atoms with Crippen LogP contribution in [0.1, 0.15) is 19.4 Å². The summed E-state index contributed by atoms with van der Waals surface area (Å²) in [7, 11) is 1.51. The molecule has 0 unspecified atom stereocenters. The molecule has 0 aliphatic heterocycles. The predicted octanol–water partition coefficient (Wildman–Crippen LogP) is 0.229. The average Bonchev–Trinajstić information content (AvgIpc) is 3.19. The highest BCUT2D eigenvalue weighted by atomic mass is 16.3. The quantitative estimate of drug-likeness (QED) is 0.329. The number of aliphatic hydroxyl groups excluding tert-OH is 2. The summed E-state index contributed by atoms with van der Waals surface area (Å²) < 4.78 is 1.63. The van der Waals surface area contributed by atoms with Crippen LogP contribution in [0.5, 0.6) is 0 Å². The van der Waals surface area contributed by atoms with E-state index in [1.54, 1.807) is 4.57 Å². The van der Waals surface area contributed by atoms with Crippen LogP contribution in [-0.2, 0) is 4.79 Å². The number of anilines is 1. The van der Waals surface area contributed by atoms with Crippen LogP contribution in [0.2, 0.25) is 0 Å². The third-order valence-corrected chi connectivity index (χ3v) is 5.53. The number of carbonyl (C=O) groups is 1. The van der Waals surface area contributed by atoms with Crippen molar-refractivity contribution in [1.82, 2.24) is 24.8 Å². The second-order valence-electron chi connectivity index (χ2n) is 6.77. The number of fused-ring (bicyclic) bond motifs is 2. The zero-order valence-corrected chi connectivity index (χ0v) is 14.7. The lowest BCUT2D eigenvalue weighted by molar-refractivity contribution is -0.132. The van der Waals surface area contributed by atoms with E-state index in [0.717, 1.165) is 0 Å². The lowest BCUT2D eigenvalue weighted by Gasteiger charge is -2.23. The molecule has 0 bridgehead atoms. The number of amides is 1. The maximum Gasteiger partial charge on any atom is 0.229 e. The molecule has 0 radical (unpaired) electrons. The van der Waals surface area contributed by atoms with Gasteiger partial charge in [0.15, 0.2) is 11.5 Å². The van der Waals surface area contributed by atoms with Crippen molar-refractivity contribution in [2.45, 2.75) is 31.6 Å². The number of aromatic nitrogens is 4. The molecule has 2 fully saturated rings. The van der Waals surface area contributed by atoms with Crippen LogP contribution >= 0.6 is 0 Å². The van der Waals surface area contributed by atoms with Crippen molar-refractivity contribution in [3.63, 3.8) is 0 Å². The average molecular weight is 373 g/mol. The van der Waals surface area contributed by atoms with E-state index in [9.17, 15) is 15.0 Å². The van der Waals surface area contributed by atoms with Crippen molar-refractivity contribution in [3.05, 3.63) is 16.8 Å². The molecule has 12 nitrogen and oxygen atoms in total. The molecule has 2 heterocycles. The first-order chi connectivity index (χ1) is 13.0. The SMILES string of the molecule is CCNc1nc(N=[N+]=[N-])nc2c1ncn2[C@H]1[C@H](O)[C@H](O)[C@]2(C(=O)NC)C[C@H]12. The Bertz CT molecular complexity index is 969. The van der Waals surface area contributed by atoms with Gasteiger partial charge in [-0.2, -0.15) is 0 Å². The molecule has 142 valence electrons. The highest BCUT2D eigenvalue weighted by molar-refractivity contribution is 5.88. The summed E-state index contributed by atoms with van der Waals surface area (Å²) >= 11 is 0. The van der Waals surface area contributed by atoms with E-state index in [1.165, 1.54) is 13.4 Å². The molecule has 2 aliphatic carbocycles. The molecule has 4 rings (SSSR count). The van der Waals surface area contributed by atoms with Gasteiger partial charge in [-0.3, -0.25) is 4.79 Å². The summed E-state index contributed by atoms with van der Waals surface area (Å²) in [5, 5.41) is 30.2. The van der Waals surface area contributed by atoms with E-state index < -0.39 is 23.7 Å². The van der Waals surface area contributed by atoms with Crippen molar-refractivity contribution in [3.8, 4) is 0 Å². The zero-order chi connectivity index (χ0) is 19.3. The number of hydrogen-bond acceptors (Lipinski definition) is 8. The van der Waals surface area contributed by atoms with Crippen LogP contribution in [0.4, 0.5) is 11.8 Å². The van der Waals surface area contributed by atoms with Gasteiger partial charge in [0.1, 0.15) is 11.6 Å². The van der Waals surface area contributed by atoms with E-state index >= 15 is 0 Å². The Hall–Kier alpha value is -2.95. The number of carbonyl (C=O) groups excluding carboxylic acids is 1. The van der Waals surface area contributed by atoms with Gasteiger partial charge in [-0.05, 0) is 24.0 Å². The molecule has 0 saturated heterocycles. The molecular formula is C15H19N9O3. The van der Waals surface area contributed by atoms with Crippen LogP contribution in [0.15, 0.2) is 11.4 Å². The Kier molecular flexibility index (Phi) is 3.91. The Morgan fingerprint density at radius 1 is 1.52 bits per heavy atom. The van der Waals surface area contributed by atoms with Crippen molar-refractivity contribution in [1.29, 1.82) is 0 Å². The first-order valence-corrected chi connectivity index (χ1v) is 8.61. The molecule has 2 aliphatic rings. The van der Waals surface area contributed by atoms with Crippen molar-refractivity contribution in [2.24, 2.45) is 16.4 Å². The molecule has 0 aromatic carbocycles. The minimum atomic E-state index is -1.18. The minimum absolute atomic E-state index is 0.0795. The largest absolute Gasteiger partial charge is 0.389 e. The highest BCUT2D eigenvalue weighted by Gasteiger charge is 2.75. The topological polar surface area (TPSA) is 174 Å². The van der Waals surface area contributed by atoms with E-state index in [1.807, 2.05) is 6.92 Å². The Balaban J connectivity index is 1.83. The molecule has 27 heavy (non-hydrogen) atoms. The van der Waals surface area contributed by atoms with Gasteiger partial charge in [0.25, 0.3) is 0 Å². The number of nitrogens with one attached hydrogen (secondary N) is 2. The van der Waals surface area contributed by atoms with Gasteiger partial charge in [0, 0.05) is 24.4 Å². The van der Waals surface area contributed by atoms with Gasteiger partial charge in [0.2, 0.25) is 11.9 Å². The third kappa shape index (κ3) is 2.27. The summed E-state index contributed by atoms with van der Waals surface area (Å²) in [6.07, 6.45) is -0.377. The maximum absolute atomic E-state index is 12.3. The predicted molar refractivity (Wildman–Crippen MR) is 94.0 cm³/mol. The van der Waals surface area contributed by atoms with Crippen LogP contribution in [-0.4, -0.2) is 61.4 Å². The number of azide groups is 1. The fourth-order valence-electron chi connectivity index (χ4n) is 4.29. The Morgan fingerprint density at radius 2 is 2.30 bits per heavy atom. The molecular weight excluding hydrogens is 354 g/mol. The van der Waals surface area contributed by atoms with Gasteiger partial charge in [0.05, 0.1) is 23.9 Å². The number of aliphatic hydroxyl groups is 2. The fraction of sp³-hybridized carbons (Fsp3) is 0.600. The molecule has 4 N–H and O–H groups in total. The van der Waals surface area contributed by atoms with E-state index in [0.29, 0.717) is 29.9 Å². The molecule has 2 aromatic rings. The summed E-state index contributed by atoms with van der Waals surface area (Å²) in [6.45, 7) is 2.46. The second kappa shape index (κ2) is 6.05. The minimum Gasteiger partial charge on any atom is -0.389 e. The summed E-state index contributed by atoms with van der Waals surface area (Å²) in [5.74, 6) is -0.210. The van der Waals surface area contributed by atoms with Crippen LogP contribution in [0, 0.1) is 11.3 Å². The summed E-state index contributed by atoms with van der Waals surface area (Å²) in [5.41, 5.74) is 8.52. The van der Waals surface area contributed by atoms with Gasteiger partial charge in [-0.1, -0.05) is 0 Å². The Labute approximate surface area is 153 Å². The zero-order valence-electron chi connectivity index (χ0n) is 14.7. The normalized spacial score (nSPS) is 31.3. The number of imidazole rings is 1. The second-order valence-corrected chi connectivity index (χ2v) is 6.77. The molecule has 5 atom stereocenters. The smallest absolute Gasteiger partial charge is 0.229 e. The number of nitrogens with zero attached hydrogens (tertiary/aromatic N) is 7. The standard InChI is InChI=1S/C15H19N9O3/c1-3-18-11-7-12(21-14(20-11)22-23-16)24(5-19-7)8-6-4-15(6,13(27)17-2)10(26)9(8)25/h5-6,8-10,25-26H,3-4H2,1-2H3,(H,17,27)(H,18,20,21)/t6-,8-,9+,10+,15+/m1/s1. The summed E-state index contributed by atoms with van der Waals surface area (Å²) in [6, 6.07) is -0.578. The lowest BCUT2D eigenvalue weighted by atomic mass is 9.98. The van der Waals surface area contributed by atoms with Crippen LogP contribution < -0.4 is 10.6 Å². The van der Waals surface area contributed by atoms with Gasteiger partial charge >= 0.3 is 0 Å². The van der Waals surface area contributed by atoms with Crippen molar-refractivity contribution in [2.75, 3.05) is 18.9 Å². The summed E-state index contributed by atoms with van der Waals surface area (Å²) in [4.78, 5) is 27.7. The molecule has 2 saturated carbocycles. The van der Waals surface area contributed by atoms with Gasteiger partial charge < -0.3 is 25.4 Å². The maximum atomic E-state index is 12.3. The Morgan fingerprint density at radius 3 is 2.96 bits per heavy atom. The number of hydrogen-bond donors (Lipinski definition) is 4. The van der Waals surface area contributed by atoms with Gasteiger partial charge in [-0.25, -0.2) is 15.0 Å². The first kappa shape index (κ1) is 17.5. The van der Waals surface area contributed by atoms with E-state index in [2.05, 4.69) is 35.6 Å². The highest BCUT2D eigenvalue weighted by Crippen LogP contribution is 2.67. The van der Waals surface area contributed by atoms with Crippen molar-refractivity contribution < 1.29 is 15.0 Å². The molecule has 0 spiro atoms. The fourth-order valence-corrected chi connectivity index (χ4v) is 4.29. The molecule has 12 heteroatoms. The van der Waals surface area contributed by atoms with Crippen LogP contribution in [0.25, 0.3) is 21.6 Å². The third-order valence-electron chi connectivity index (χ3n) is 5.53. The van der Waals surface area contributed by atoms with Gasteiger partial charge in [-0.15, -0.1) is 0 Å².